The minimum atomic E-state index is -0.319. The van der Waals surface area contributed by atoms with Gasteiger partial charge in [0.1, 0.15) is 5.69 Å². The number of nitrogens with one attached hydrogen (secondary N) is 1. The van der Waals surface area contributed by atoms with Crippen molar-refractivity contribution >= 4 is 11.4 Å². The molecule has 4 nitrogen and oxygen atoms in total. The van der Waals surface area contributed by atoms with Crippen LogP contribution in [0.25, 0.3) is 0 Å². The quantitative estimate of drug-likeness (QED) is 0.651. The summed E-state index contributed by atoms with van der Waals surface area (Å²) in [6.45, 7) is 6.82. The molecule has 0 unspecified atom stereocenters. The Morgan fingerprint density at radius 1 is 1.09 bits per heavy atom. The smallest absolute Gasteiger partial charge is 0.292 e. The lowest BCUT2D eigenvalue weighted by atomic mass is 9.86. The number of anilines is 1. The normalized spacial score (nSPS) is 11.2. The van der Waals surface area contributed by atoms with Crippen LogP contribution in [0, 0.1) is 10.1 Å². The number of nitro benzene ring substituents is 1. The Labute approximate surface area is 131 Å². The Kier molecular flexibility index (Phi) is 4.81. The van der Waals surface area contributed by atoms with Crippen molar-refractivity contribution in [1.29, 1.82) is 0 Å². The minimum absolute atomic E-state index is 0.104. The van der Waals surface area contributed by atoms with Gasteiger partial charge in [0, 0.05) is 12.6 Å². The number of hydrogen-bond acceptors (Lipinski definition) is 3. The highest BCUT2D eigenvalue weighted by Crippen LogP contribution is 2.31. The molecule has 0 aromatic heterocycles. The molecule has 0 aliphatic heterocycles. The molecular formula is C18H22N2O2. The molecule has 0 saturated heterocycles. The zero-order valence-electron chi connectivity index (χ0n) is 13.3. The molecule has 0 amide bonds. The van der Waals surface area contributed by atoms with E-state index in [1.54, 1.807) is 6.07 Å². The summed E-state index contributed by atoms with van der Waals surface area (Å²) in [6, 6.07) is 15.5. The SMILES string of the molecule is CC(C)(C)c1ccc(NCCc2ccccc2)c([N+](=O)[O-])c1. The van der Waals surface area contributed by atoms with Gasteiger partial charge in [0.2, 0.25) is 0 Å². The molecule has 0 radical (unpaired) electrons. The Hall–Kier alpha value is -2.36. The fraction of sp³-hybridized carbons (Fsp3) is 0.333. The van der Waals surface area contributed by atoms with E-state index in [2.05, 4.69) is 38.2 Å². The van der Waals surface area contributed by atoms with Crippen LogP contribution in [0.3, 0.4) is 0 Å². The van der Waals surface area contributed by atoms with Crippen LogP contribution in [0.5, 0.6) is 0 Å². The topological polar surface area (TPSA) is 55.2 Å². The number of nitro groups is 1. The van der Waals surface area contributed by atoms with Gasteiger partial charge in [0.25, 0.3) is 5.69 Å². The van der Waals surface area contributed by atoms with E-state index in [4.69, 9.17) is 0 Å². The van der Waals surface area contributed by atoms with Crippen molar-refractivity contribution in [2.24, 2.45) is 0 Å². The first kappa shape index (κ1) is 16.0. The monoisotopic (exact) mass is 298 g/mol. The Bertz CT molecular complexity index is 646. The molecule has 0 bridgehead atoms. The van der Waals surface area contributed by atoms with E-state index in [9.17, 15) is 10.1 Å². The van der Waals surface area contributed by atoms with E-state index >= 15 is 0 Å². The van der Waals surface area contributed by atoms with Crippen LogP contribution in [-0.2, 0) is 11.8 Å². The molecule has 2 aromatic carbocycles. The van der Waals surface area contributed by atoms with Crippen LogP contribution in [0.15, 0.2) is 48.5 Å². The summed E-state index contributed by atoms with van der Waals surface area (Å²) >= 11 is 0. The maximum absolute atomic E-state index is 11.3. The summed E-state index contributed by atoms with van der Waals surface area (Å²) in [6.07, 6.45) is 0.832. The second-order valence-corrected chi connectivity index (χ2v) is 6.40. The lowest BCUT2D eigenvalue weighted by Crippen LogP contribution is -2.13. The van der Waals surface area contributed by atoms with Crippen LogP contribution < -0.4 is 5.32 Å². The summed E-state index contributed by atoms with van der Waals surface area (Å²) in [5.74, 6) is 0. The van der Waals surface area contributed by atoms with E-state index < -0.39 is 0 Å². The summed E-state index contributed by atoms with van der Waals surface area (Å²) in [5.41, 5.74) is 2.79. The zero-order valence-corrected chi connectivity index (χ0v) is 13.3. The van der Waals surface area contributed by atoms with Gasteiger partial charge in [-0.2, -0.15) is 0 Å². The van der Waals surface area contributed by atoms with Gasteiger partial charge >= 0.3 is 0 Å². The highest BCUT2D eigenvalue weighted by Gasteiger charge is 2.20. The van der Waals surface area contributed by atoms with Crippen LogP contribution in [0.4, 0.5) is 11.4 Å². The summed E-state index contributed by atoms with van der Waals surface area (Å²) < 4.78 is 0. The minimum Gasteiger partial charge on any atom is -0.379 e. The van der Waals surface area contributed by atoms with E-state index in [0.29, 0.717) is 12.2 Å². The third kappa shape index (κ3) is 4.07. The molecule has 116 valence electrons. The Morgan fingerprint density at radius 2 is 1.77 bits per heavy atom. The maximum Gasteiger partial charge on any atom is 0.292 e. The van der Waals surface area contributed by atoms with Crippen molar-refractivity contribution in [1.82, 2.24) is 0 Å². The number of rotatable bonds is 5. The highest BCUT2D eigenvalue weighted by molar-refractivity contribution is 5.63. The number of hydrogen-bond donors (Lipinski definition) is 1. The maximum atomic E-state index is 11.3. The highest BCUT2D eigenvalue weighted by atomic mass is 16.6. The second-order valence-electron chi connectivity index (χ2n) is 6.40. The fourth-order valence-electron chi connectivity index (χ4n) is 2.28. The van der Waals surface area contributed by atoms with Crippen LogP contribution in [-0.4, -0.2) is 11.5 Å². The zero-order chi connectivity index (χ0) is 16.2. The third-order valence-electron chi connectivity index (χ3n) is 3.63. The van der Waals surface area contributed by atoms with Crippen LogP contribution in [0.1, 0.15) is 31.9 Å². The van der Waals surface area contributed by atoms with Crippen molar-refractivity contribution in [3.05, 3.63) is 69.8 Å². The van der Waals surface area contributed by atoms with E-state index in [-0.39, 0.29) is 16.0 Å². The molecule has 22 heavy (non-hydrogen) atoms. The van der Waals surface area contributed by atoms with Crippen molar-refractivity contribution in [2.45, 2.75) is 32.6 Å². The molecule has 0 spiro atoms. The standard InChI is InChI=1S/C18H22N2O2/c1-18(2,3)15-9-10-16(17(13-15)20(21)22)19-12-11-14-7-5-4-6-8-14/h4-10,13,19H,11-12H2,1-3H3. The first-order valence-electron chi connectivity index (χ1n) is 7.44. The first-order valence-corrected chi connectivity index (χ1v) is 7.44. The van der Waals surface area contributed by atoms with Crippen molar-refractivity contribution in [3.63, 3.8) is 0 Å². The van der Waals surface area contributed by atoms with E-state index in [1.807, 2.05) is 30.3 Å². The molecule has 0 fully saturated rings. The molecule has 1 N–H and O–H groups in total. The molecule has 2 rings (SSSR count). The molecule has 2 aromatic rings. The second kappa shape index (κ2) is 6.60. The fourth-order valence-corrected chi connectivity index (χ4v) is 2.28. The van der Waals surface area contributed by atoms with Gasteiger partial charge in [-0.05, 0) is 29.0 Å². The first-order chi connectivity index (χ1) is 10.4. The predicted molar refractivity (Wildman–Crippen MR) is 90.4 cm³/mol. The molecule has 0 heterocycles. The molecule has 0 aliphatic rings. The van der Waals surface area contributed by atoms with Crippen molar-refractivity contribution in [3.8, 4) is 0 Å². The van der Waals surface area contributed by atoms with Gasteiger partial charge < -0.3 is 5.32 Å². The van der Waals surface area contributed by atoms with Crippen LogP contribution in [0.2, 0.25) is 0 Å². The molecule has 4 heteroatoms. The van der Waals surface area contributed by atoms with E-state index in [0.717, 1.165) is 12.0 Å². The van der Waals surface area contributed by atoms with Gasteiger partial charge in [-0.3, -0.25) is 10.1 Å². The van der Waals surface area contributed by atoms with Crippen LogP contribution >= 0.6 is 0 Å². The van der Waals surface area contributed by atoms with Gasteiger partial charge in [0.05, 0.1) is 4.92 Å². The lowest BCUT2D eigenvalue weighted by Gasteiger charge is -2.19. The van der Waals surface area contributed by atoms with Gasteiger partial charge in [-0.1, -0.05) is 57.2 Å². The Balaban J connectivity index is 2.12. The lowest BCUT2D eigenvalue weighted by molar-refractivity contribution is -0.384. The molecule has 0 aliphatic carbocycles. The number of nitrogens with zero attached hydrogens (tertiary/aromatic N) is 1. The van der Waals surface area contributed by atoms with Gasteiger partial charge in [-0.25, -0.2) is 0 Å². The predicted octanol–water partition coefficient (Wildman–Crippen LogP) is 4.55. The summed E-state index contributed by atoms with van der Waals surface area (Å²) in [5, 5.41) is 14.5. The van der Waals surface area contributed by atoms with Gasteiger partial charge in [-0.15, -0.1) is 0 Å². The average molecular weight is 298 g/mol. The van der Waals surface area contributed by atoms with Crippen molar-refractivity contribution in [2.75, 3.05) is 11.9 Å². The van der Waals surface area contributed by atoms with Crippen molar-refractivity contribution < 1.29 is 4.92 Å². The Morgan fingerprint density at radius 3 is 2.36 bits per heavy atom. The molecule has 0 saturated carbocycles. The van der Waals surface area contributed by atoms with E-state index in [1.165, 1.54) is 5.56 Å². The summed E-state index contributed by atoms with van der Waals surface area (Å²) in [4.78, 5) is 11.0. The largest absolute Gasteiger partial charge is 0.379 e. The average Bonchev–Trinajstić information content (AvgIpc) is 2.47. The summed E-state index contributed by atoms with van der Waals surface area (Å²) in [7, 11) is 0. The third-order valence-corrected chi connectivity index (χ3v) is 3.63. The van der Waals surface area contributed by atoms with Gasteiger partial charge in [0.15, 0.2) is 0 Å². The molecule has 0 atom stereocenters. The molecular weight excluding hydrogens is 276 g/mol. The number of benzene rings is 2.